The van der Waals surface area contributed by atoms with Crippen LogP contribution in [0.4, 0.5) is 0 Å². The molecule has 57 heavy (non-hydrogen) atoms. The van der Waals surface area contributed by atoms with Crippen LogP contribution in [0.2, 0.25) is 40.2 Å². The molecule has 0 fully saturated rings. The Morgan fingerprint density at radius 3 is 1.32 bits per heavy atom. The summed E-state index contributed by atoms with van der Waals surface area (Å²) in [6.07, 6.45) is 7.69. The van der Waals surface area contributed by atoms with E-state index >= 15 is 0 Å². The van der Waals surface area contributed by atoms with Crippen molar-refractivity contribution in [2.24, 2.45) is 0 Å². The SMILES string of the molecule is Clc1cccc(Cl)c1-c1c(-c2c(Cl)cccc2Cl)c2c(-c3c(Cl)cccc3Cl)c3nc(cc4ccc(cc5nc(cc1n2-c1c(Cl)cccc1Cl)C=C5)[nH]4)C=C3.[Mn]. The number of para-hydroxylation sites is 1. The van der Waals surface area contributed by atoms with Crippen LogP contribution < -0.4 is 0 Å². The minimum atomic E-state index is 0. The molecule has 13 heteroatoms. The van der Waals surface area contributed by atoms with Gasteiger partial charge in [-0.3, -0.25) is 0 Å². The molecule has 4 aromatic carbocycles. The fourth-order valence-electron chi connectivity index (χ4n) is 7.18. The molecule has 2 aliphatic heterocycles. The number of benzene rings is 4. The predicted octanol–water partition coefficient (Wildman–Crippen LogP) is 16.3. The second-order valence-electron chi connectivity index (χ2n) is 12.9. The molecular formula is C44H22Cl8MnN4. The van der Waals surface area contributed by atoms with Crippen molar-refractivity contribution in [3.8, 4) is 39.1 Å². The summed E-state index contributed by atoms with van der Waals surface area (Å²) in [5.74, 6) is 0. The number of rotatable bonds is 4. The van der Waals surface area contributed by atoms with Gasteiger partial charge in [0.2, 0.25) is 0 Å². The molecule has 3 aromatic heterocycles. The molecule has 9 rings (SSSR count). The largest absolute Gasteiger partial charge is 0.355 e. The van der Waals surface area contributed by atoms with Crippen molar-refractivity contribution >= 4 is 139 Å². The van der Waals surface area contributed by atoms with Crippen LogP contribution in [-0.2, 0) is 17.1 Å². The van der Waals surface area contributed by atoms with Gasteiger partial charge in [0.15, 0.2) is 0 Å². The van der Waals surface area contributed by atoms with E-state index in [1.165, 1.54) is 0 Å². The number of nitrogens with zero attached hydrogens (tertiary/aromatic N) is 3. The predicted molar refractivity (Wildman–Crippen MR) is 240 cm³/mol. The summed E-state index contributed by atoms with van der Waals surface area (Å²) in [7, 11) is 0. The molecule has 4 nitrogen and oxygen atoms in total. The zero-order chi connectivity index (χ0) is 38.8. The smallest absolute Gasteiger partial charge is 0.0836 e. The van der Waals surface area contributed by atoms with E-state index in [1.54, 1.807) is 72.8 Å². The molecule has 1 radical (unpaired) electrons. The first kappa shape index (κ1) is 40.1. The van der Waals surface area contributed by atoms with Crippen LogP contribution in [0.5, 0.6) is 0 Å². The van der Waals surface area contributed by atoms with E-state index in [4.69, 9.17) is 103 Å². The number of fused-ring (bicyclic) bond motifs is 8. The molecule has 0 amide bonds. The third-order valence-electron chi connectivity index (χ3n) is 9.47. The maximum atomic E-state index is 7.24. The number of hydrogen-bond donors (Lipinski definition) is 1. The van der Waals surface area contributed by atoms with Crippen LogP contribution >= 0.6 is 92.8 Å². The van der Waals surface area contributed by atoms with Gasteiger partial charge in [-0.15, -0.1) is 0 Å². The summed E-state index contributed by atoms with van der Waals surface area (Å²) in [5, 5.41) is 2.83. The van der Waals surface area contributed by atoms with Gasteiger partial charge in [-0.1, -0.05) is 117 Å². The maximum Gasteiger partial charge on any atom is 0.0836 e. The number of aromatic nitrogens is 4. The molecule has 0 aliphatic carbocycles. The van der Waals surface area contributed by atoms with Crippen molar-refractivity contribution in [3.05, 3.63) is 166 Å². The van der Waals surface area contributed by atoms with E-state index in [1.807, 2.05) is 59.2 Å². The first-order chi connectivity index (χ1) is 27.1. The summed E-state index contributed by atoms with van der Waals surface area (Å²) in [4.78, 5) is 13.7. The Labute approximate surface area is 377 Å². The topological polar surface area (TPSA) is 46.5 Å². The van der Waals surface area contributed by atoms with Crippen LogP contribution in [0, 0.1) is 0 Å². The molecule has 8 bridgehead atoms. The van der Waals surface area contributed by atoms with Gasteiger partial charge in [-0.05, 0) is 103 Å². The average Bonchev–Trinajstić information content (AvgIpc) is 3.96. The van der Waals surface area contributed by atoms with Crippen molar-refractivity contribution < 1.29 is 17.1 Å². The van der Waals surface area contributed by atoms with Gasteiger partial charge >= 0.3 is 0 Å². The van der Waals surface area contributed by atoms with Crippen molar-refractivity contribution in [2.75, 3.05) is 0 Å². The van der Waals surface area contributed by atoms with Crippen molar-refractivity contribution in [3.63, 3.8) is 0 Å². The van der Waals surface area contributed by atoms with Crippen LogP contribution in [0.3, 0.4) is 0 Å². The van der Waals surface area contributed by atoms with Gasteiger partial charge in [0.05, 0.1) is 59.6 Å². The Morgan fingerprint density at radius 1 is 0.404 bits per heavy atom. The van der Waals surface area contributed by atoms with Crippen molar-refractivity contribution in [1.82, 2.24) is 19.5 Å². The summed E-state index contributed by atoms with van der Waals surface area (Å²) < 4.78 is 1.95. The summed E-state index contributed by atoms with van der Waals surface area (Å²) >= 11 is 57.7. The number of aromatic amines is 1. The Morgan fingerprint density at radius 2 is 0.807 bits per heavy atom. The second-order valence-corrected chi connectivity index (χ2v) is 16.2. The van der Waals surface area contributed by atoms with E-state index in [-0.39, 0.29) is 17.1 Å². The van der Waals surface area contributed by atoms with Crippen LogP contribution in [0.1, 0.15) is 22.8 Å². The van der Waals surface area contributed by atoms with Gasteiger partial charge in [-0.25, -0.2) is 9.97 Å². The van der Waals surface area contributed by atoms with Gasteiger partial charge in [-0.2, -0.15) is 0 Å². The first-order valence-corrected chi connectivity index (χ1v) is 20.0. The molecule has 0 saturated heterocycles. The normalized spacial score (nSPS) is 11.9. The Balaban J connectivity index is 0.00000455. The monoisotopic (exact) mass is 941 g/mol. The molecule has 0 saturated carbocycles. The fraction of sp³-hybridized carbons (Fsp3) is 0. The molecule has 0 atom stereocenters. The number of nitrogens with one attached hydrogen (secondary N) is 1. The van der Waals surface area contributed by atoms with Crippen molar-refractivity contribution in [2.45, 2.75) is 0 Å². The summed E-state index contributed by atoms with van der Waals surface area (Å²) in [5.41, 5.74) is 8.82. The maximum absolute atomic E-state index is 7.24. The Bertz CT molecular complexity index is 2960. The zero-order valence-corrected chi connectivity index (χ0v) is 36.1. The first-order valence-electron chi connectivity index (χ1n) is 17.0. The second kappa shape index (κ2) is 16.2. The standard InChI is InChI=1S/C44H22Cl8N4.Mn/c45-27-5-1-6-28(46)37(27)40-35-18-17-25(55-35)20-24-14-13-22(53-24)19-23-15-16-26(54-23)21-36-41(38-29(47)7-2-8-30(38)48)42(39-31(49)9-3-10-32(39)50)44(40)56(36)43-33(51)11-4-12-34(43)52;/h1-21,53H;. The number of hydrogen-bond acceptors (Lipinski definition) is 2. The number of H-pyrrole nitrogens is 1. The molecule has 2 aliphatic rings. The summed E-state index contributed by atoms with van der Waals surface area (Å²) in [6.45, 7) is 0. The van der Waals surface area contributed by atoms with Gasteiger partial charge in [0.1, 0.15) is 0 Å². The molecule has 0 unspecified atom stereocenters. The Hall–Kier alpha value is -3.68. The average molecular weight is 945 g/mol. The third-order valence-corrected chi connectivity index (χ3v) is 12.0. The molecule has 7 aromatic rings. The van der Waals surface area contributed by atoms with Crippen LogP contribution in [-0.4, -0.2) is 19.5 Å². The van der Waals surface area contributed by atoms with E-state index in [2.05, 4.69) is 4.98 Å². The van der Waals surface area contributed by atoms with Crippen molar-refractivity contribution in [1.29, 1.82) is 0 Å². The fourth-order valence-corrected chi connectivity index (χ4v) is 9.51. The van der Waals surface area contributed by atoms with Gasteiger partial charge < -0.3 is 9.55 Å². The minimum Gasteiger partial charge on any atom is -0.355 e. The van der Waals surface area contributed by atoms with E-state index in [0.29, 0.717) is 107 Å². The molecular weight excluding hydrogens is 923 g/mol. The third kappa shape index (κ3) is 7.23. The van der Waals surface area contributed by atoms with E-state index in [0.717, 1.165) is 16.7 Å². The van der Waals surface area contributed by atoms with Gasteiger partial charge in [0.25, 0.3) is 0 Å². The number of halogens is 8. The Kier molecular flexibility index (Phi) is 11.4. The van der Waals surface area contributed by atoms with Crippen LogP contribution in [0.25, 0.3) is 85.4 Å². The van der Waals surface area contributed by atoms with E-state index < -0.39 is 0 Å². The minimum absolute atomic E-state index is 0. The molecule has 5 heterocycles. The van der Waals surface area contributed by atoms with Gasteiger partial charge in [0, 0.05) is 81.6 Å². The van der Waals surface area contributed by atoms with E-state index in [9.17, 15) is 0 Å². The summed E-state index contributed by atoms with van der Waals surface area (Å²) in [6, 6.07) is 31.1. The zero-order valence-electron chi connectivity index (χ0n) is 28.9. The van der Waals surface area contributed by atoms with Crippen LogP contribution in [0.15, 0.2) is 103 Å². The molecule has 1 N–H and O–H groups in total. The quantitative estimate of drug-likeness (QED) is 0.179. The molecule has 281 valence electrons. The molecule has 0 spiro atoms.